The molecule has 0 saturated carbocycles. The maximum atomic E-state index is 10.7. The molecule has 0 aliphatic heterocycles. The summed E-state index contributed by atoms with van der Waals surface area (Å²) in [6.07, 6.45) is 2.46. The Bertz CT molecular complexity index is 891. The molecule has 0 atom stereocenters. The minimum atomic E-state index is -0.780. The average molecular weight is 347 g/mol. The van der Waals surface area contributed by atoms with Crippen molar-refractivity contribution in [1.82, 2.24) is 4.98 Å². The number of carboxylic acid groups (broad SMARTS) is 1. The van der Waals surface area contributed by atoms with Gasteiger partial charge in [0.1, 0.15) is 12.4 Å². The molecule has 0 radical (unpaired) electrons. The molecule has 4 nitrogen and oxygen atoms in total. The van der Waals surface area contributed by atoms with Crippen LogP contribution in [0, 0.1) is 6.92 Å². The lowest BCUT2D eigenvalue weighted by molar-refractivity contribution is -0.136. The van der Waals surface area contributed by atoms with Crippen molar-refractivity contribution in [1.29, 1.82) is 0 Å². The summed E-state index contributed by atoms with van der Waals surface area (Å²) in [6, 6.07) is 19.8. The molecule has 0 bridgehead atoms. The Hall–Kier alpha value is -3.14. The first-order valence-corrected chi connectivity index (χ1v) is 8.56. The van der Waals surface area contributed by atoms with Crippen LogP contribution < -0.4 is 4.74 Å². The Kier molecular flexibility index (Phi) is 5.64. The van der Waals surface area contributed by atoms with E-state index >= 15 is 0 Å². The van der Waals surface area contributed by atoms with Crippen molar-refractivity contribution in [2.24, 2.45) is 0 Å². The molecular weight excluding hydrogens is 326 g/mol. The second-order valence-electron chi connectivity index (χ2n) is 6.19. The van der Waals surface area contributed by atoms with Crippen molar-refractivity contribution >= 4 is 5.97 Å². The number of ether oxygens (including phenoxy) is 1. The van der Waals surface area contributed by atoms with Crippen LogP contribution in [0.15, 0.2) is 66.9 Å². The van der Waals surface area contributed by atoms with Gasteiger partial charge in [-0.05, 0) is 60.4 Å². The fourth-order valence-electron chi connectivity index (χ4n) is 2.80. The van der Waals surface area contributed by atoms with Crippen LogP contribution in [-0.2, 0) is 17.8 Å². The smallest absolute Gasteiger partial charge is 0.303 e. The maximum absolute atomic E-state index is 10.7. The zero-order valence-corrected chi connectivity index (χ0v) is 14.7. The van der Waals surface area contributed by atoms with Gasteiger partial charge in [0, 0.05) is 18.2 Å². The Balaban J connectivity index is 1.66. The standard InChI is InChI=1S/C22H21NO3/c1-16-13-20(10-8-18(16)9-11-22(24)25)26-15-17-5-4-6-19(14-17)21-7-2-3-12-23-21/h2-8,10,12-14H,9,11,15H2,1H3,(H,24,25). The molecule has 2 aromatic carbocycles. The van der Waals surface area contributed by atoms with Crippen molar-refractivity contribution in [3.63, 3.8) is 0 Å². The van der Waals surface area contributed by atoms with Crippen LogP contribution in [0.1, 0.15) is 23.1 Å². The third-order valence-corrected chi connectivity index (χ3v) is 4.22. The van der Waals surface area contributed by atoms with Crippen molar-refractivity contribution in [2.45, 2.75) is 26.4 Å². The summed E-state index contributed by atoms with van der Waals surface area (Å²) in [5.41, 5.74) is 5.16. The fraction of sp³-hybridized carbons (Fsp3) is 0.182. The number of aliphatic carboxylic acids is 1. The molecule has 0 aliphatic carbocycles. The van der Waals surface area contributed by atoms with Gasteiger partial charge in [-0.3, -0.25) is 9.78 Å². The van der Waals surface area contributed by atoms with E-state index < -0.39 is 5.97 Å². The second-order valence-corrected chi connectivity index (χ2v) is 6.19. The summed E-state index contributed by atoms with van der Waals surface area (Å²) in [5.74, 6) is 0.00216. The van der Waals surface area contributed by atoms with Crippen LogP contribution in [0.25, 0.3) is 11.3 Å². The van der Waals surface area contributed by atoms with Gasteiger partial charge in [0.2, 0.25) is 0 Å². The largest absolute Gasteiger partial charge is 0.489 e. The Morgan fingerprint density at radius 1 is 1.08 bits per heavy atom. The molecule has 3 rings (SSSR count). The molecule has 26 heavy (non-hydrogen) atoms. The van der Waals surface area contributed by atoms with E-state index in [1.165, 1.54) is 0 Å². The lowest BCUT2D eigenvalue weighted by Crippen LogP contribution is -2.00. The van der Waals surface area contributed by atoms with Crippen molar-refractivity contribution in [3.8, 4) is 17.0 Å². The van der Waals surface area contributed by atoms with E-state index in [9.17, 15) is 4.79 Å². The van der Waals surface area contributed by atoms with E-state index in [1.807, 2.05) is 61.5 Å². The number of rotatable bonds is 7. The molecule has 0 fully saturated rings. The lowest BCUT2D eigenvalue weighted by atomic mass is 10.0. The fourth-order valence-corrected chi connectivity index (χ4v) is 2.80. The SMILES string of the molecule is Cc1cc(OCc2cccc(-c3ccccn3)c2)ccc1CCC(=O)O. The summed E-state index contributed by atoms with van der Waals surface area (Å²) in [4.78, 5) is 15.1. The third kappa shape index (κ3) is 4.70. The number of hydrogen-bond acceptors (Lipinski definition) is 3. The van der Waals surface area contributed by atoms with Gasteiger partial charge < -0.3 is 9.84 Å². The highest BCUT2D eigenvalue weighted by Gasteiger charge is 2.05. The van der Waals surface area contributed by atoms with Gasteiger partial charge >= 0.3 is 5.97 Å². The Morgan fingerprint density at radius 2 is 1.96 bits per heavy atom. The summed E-state index contributed by atoms with van der Waals surface area (Å²) < 4.78 is 5.91. The van der Waals surface area contributed by atoms with Crippen LogP contribution >= 0.6 is 0 Å². The van der Waals surface area contributed by atoms with Gasteiger partial charge in [-0.25, -0.2) is 0 Å². The zero-order valence-electron chi connectivity index (χ0n) is 14.7. The molecule has 132 valence electrons. The first kappa shape index (κ1) is 17.7. The molecule has 0 aliphatic rings. The topological polar surface area (TPSA) is 59.4 Å². The molecule has 4 heteroatoms. The molecule has 0 saturated heterocycles. The first-order chi connectivity index (χ1) is 12.6. The number of carboxylic acids is 1. The number of hydrogen-bond donors (Lipinski definition) is 1. The number of aromatic nitrogens is 1. The third-order valence-electron chi connectivity index (χ3n) is 4.22. The summed E-state index contributed by atoms with van der Waals surface area (Å²) >= 11 is 0. The van der Waals surface area contributed by atoms with Crippen LogP contribution in [0.3, 0.4) is 0 Å². The average Bonchev–Trinajstić information content (AvgIpc) is 2.66. The summed E-state index contributed by atoms with van der Waals surface area (Å²) in [7, 11) is 0. The molecule has 0 unspecified atom stereocenters. The highest BCUT2D eigenvalue weighted by Crippen LogP contribution is 2.21. The van der Waals surface area contributed by atoms with Crippen LogP contribution in [-0.4, -0.2) is 16.1 Å². The number of aryl methyl sites for hydroxylation is 2. The Labute approximate surface area is 153 Å². The van der Waals surface area contributed by atoms with E-state index in [0.717, 1.165) is 33.7 Å². The number of nitrogens with zero attached hydrogens (tertiary/aromatic N) is 1. The lowest BCUT2D eigenvalue weighted by Gasteiger charge is -2.11. The van der Waals surface area contributed by atoms with Gasteiger partial charge in [0.25, 0.3) is 0 Å². The second kappa shape index (κ2) is 8.30. The van der Waals surface area contributed by atoms with E-state index in [-0.39, 0.29) is 6.42 Å². The molecule has 0 spiro atoms. The van der Waals surface area contributed by atoms with E-state index in [4.69, 9.17) is 9.84 Å². The molecule has 1 aromatic heterocycles. The minimum Gasteiger partial charge on any atom is -0.489 e. The van der Waals surface area contributed by atoms with Gasteiger partial charge in [-0.2, -0.15) is 0 Å². The van der Waals surface area contributed by atoms with Gasteiger partial charge in [-0.15, -0.1) is 0 Å². The van der Waals surface area contributed by atoms with Crippen LogP contribution in [0.5, 0.6) is 5.75 Å². The minimum absolute atomic E-state index is 0.140. The molecular formula is C22H21NO3. The van der Waals surface area contributed by atoms with Crippen molar-refractivity contribution < 1.29 is 14.6 Å². The first-order valence-electron chi connectivity index (χ1n) is 8.56. The van der Waals surface area contributed by atoms with E-state index in [1.54, 1.807) is 6.20 Å². The zero-order chi connectivity index (χ0) is 18.4. The van der Waals surface area contributed by atoms with Crippen molar-refractivity contribution in [3.05, 3.63) is 83.6 Å². The number of benzene rings is 2. The van der Waals surface area contributed by atoms with Gasteiger partial charge in [0.15, 0.2) is 0 Å². The number of pyridine rings is 1. The predicted octanol–water partition coefficient (Wildman–Crippen LogP) is 4.65. The highest BCUT2D eigenvalue weighted by molar-refractivity contribution is 5.67. The van der Waals surface area contributed by atoms with Crippen LogP contribution in [0.2, 0.25) is 0 Å². The van der Waals surface area contributed by atoms with Gasteiger partial charge in [0.05, 0.1) is 5.69 Å². The quantitative estimate of drug-likeness (QED) is 0.676. The predicted molar refractivity (Wildman–Crippen MR) is 101 cm³/mol. The van der Waals surface area contributed by atoms with E-state index in [0.29, 0.717) is 13.0 Å². The van der Waals surface area contributed by atoms with E-state index in [2.05, 4.69) is 11.1 Å². The highest BCUT2D eigenvalue weighted by atomic mass is 16.5. The molecule has 3 aromatic rings. The maximum Gasteiger partial charge on any atom is 0.303 e. The molecule has 0 amide bonds. The van der Waals surface area contributed by atoms with Crippen molar-refractivity contribution in [2.75, 3.05) is 0 Å². The van der Waals surface area contributed by atoms with Crippen LogP contribution in [0.4, 0.5) is 0 Å². The van der Waals surface area contributed by atoms with Gasteiger partial charge in [-0.1, -0.05) is 30.3 Å². The monoisotopic (exact) mass is 347 g/mol. The summed E-state index contributed by atoms with van der Waals surface area (Å²) in [5, 5.41) is 8.81. The Morgan fingerprint density at radius 3 is 2.69 bits per heavy atom. The normalized spacial score (nSPS) is 10.5. The molecule has 1 N–H and O–H groups in total. The summed E-state index contributed by atoms with van der Waals surface area (Å²) in [6.45, 7) is 2.44. The molecule has 1 heterocycles. The number of carbonyl (C=O) groups is 1.